The van der Waals surface area contributed by atoms with Gasteiger partial charge in [0.2, 0.25) is 0 Å². The standard InChI is InChI=1S/C13H16/c1-4-5-6-9-13-10-7-8-11(2)12(13)3/h7-8,10H,6,9H2,1-3H3. The van der Waals surface area contributed by atoms with E-state index in [0.29, 0.717) is 0 Å². The maximum atomic E-state index is 3.09. The van der Waals surface area contributed by atoms with Gasteiger partial charge in [0.15, 0.2) is 0 Å². The molecule has 0 unspecified atom stereocenters. The van der Waals surface area contributed by atoms with Crippen molar-refractivity contribution in [3.63, 3.8) is 0 Å². The molecular weight excluding hydrogens is 156 g/mol. The van der Waals surface area contributed by atoms with Crippen molar-refractivity contribution in [2.45, 2.75) is 33.6 Å². The molecule has 0 saturated carbocycles. The van der Waals surface area contributed by atoms with E-state index in [9.17, 15) is 0 Å². The highest BCUT2D eigenvalue weighted by molar-refractivity contribution is 5.33. The molecule has 0 nitrogen and oxygen atoms in total. The lowest BCUT2D eigenvalue weighted by Gasteiger charge is -2.05. The smallest absolute Gasteiger partial charge is 0.0129 e. The molecule has 0 aliphatic heterocycles. The van der Waals surface area contributed by atoms with Crippen molar-refractivity contribution < 1.29 is 0 Å². The number of benzene rings is 1. The zero-order valence-electron chi connectivity index (χ0n) is 8.65. The average molecular weight is 172 g/mol. The van der Waals surface area contributed by atoms with Crippen LogP contribution in [-0.4, -0.2) is 0 Å². The van der Waals surface area contributed by atoms with Crippen LogP contribution < -0.4 is 0 Å². The number of rotatable bonds is 2. The molecular formula is C13H16. The van der Waals surface area contributed by atoms with E-state index in [-0.39, 0.29) is 0 Å². The molecule has 0 aliphatic rings. The second-order valence-electron chi connectivity index (χ2n) is 3.29. The van der Waals surface area contributed by atoms with Gasteiger partial charge in [-0.15, -0.1) is 11.8 Å². The number of hydrogen-bond donors (Lipinski definition) is 0. The van der Waals surface area contributed by atoms with Crippen LogP contribution in [0.3, 0.4) is 0 Å². The Morgan fingerprint density at radius 2 is 2.00 bits per heavy atom. The van der Waals surface area contributed by atoms with Crippen LogP contribution in [-0.2, 0) is 6.42 Å². The highest BCUT2D eigenvalue weighted by Crippen LogP contribution is 2.13. The van der Waals surface area contributed by atoms with Gasteiger partial charge in [0.25, 0.3) is 0 Å². The first-order valence-electron chi connectivity index (χ1n) is 4.70. The van der Waals surface area contributed by atoms with E-state index >= 15 is 0 Å². The molecule has 0 fully saturated rings. The third-order valence-electron chi connectivity index (χ3n) is 2.41. The topological polar surface area (TPSA) is 0 Å². The lowest BCUT2D eigenvalue weighted by atomic mass is 10.00. The van der Waals surface area contributed by atoms with Crippen LogP contribution in [0.1, 0.15) is 30.0 Å². The van der Waals surface area contributed by atoms with Gasteiger partial charge < -0.3 is 0 Å². The van der Waals surface area contributed by atoms with Gasteiger partial charge in [-0.2, -0.15) is 0 Å². The average Bonchev–Trinajstić information content (AvgIpc) is 2.13. The van der Waals surface area contributed by atoms with Crippen LogP contribution in [0.4, 0.5) is 0 Å². The van der Waals surface area contributed by atoms with Crippen molar-refractivity contribution in [3.05, 3.63) is 34.9 Å². The molecule has 0 atom stereocenters. The van der Waals surface area contributed by atoms with Crippen LogP contribution in [0.5, 0.6) is 0 Å². The van der Waals surface area contributed by atoms with Crippen LogP contribution in [0.25, 0.3) is 0 Å². The van der Waals surface area contributed by atoms with Gasteiger partial charge in [-0.3, -0.25) is 0 Å². The molecule has 1 aromatic rings. The second-order valence-corrected chi connectivity index (χ2v) is 3.29. The van der Waals surface area contributed by atoms with E-state index in [4.69, 9.17) is 0 Å². The summed E-state index contributed by atoms with van der Waals surface area (Å²) in [5.74, 6) is 6.02. The third-order valence-corrected chi connectivity index (χ3v) is 2.41. The van der Waals surface area contributed by atoms with Gasteiger partial charge in [-0.1, -0.05) is 18.2 Å². The normalized spacial score (nSPS) is 9.15. The Balaban J connectivity index is 2.75. The van der Waals surface area contributed by atoms with Crippen molar-refractivity contribution in [2.24, 2.45) is 0 Å². The molecule has 0 aliphatic carbocycles. The number of hydrogen-bond acceptors (Lipinski definition) is 0. The van der Waals surface area contributed by atoms with Gasteiger partial charge in [0, 0.05) is 6.42 Å². The molecule has 0 heteroatoms. The first-order chi connectivity index (χ1) is 6.25. The zero-order chi connectivity index (χ0) is 9.68. The molecule has 0 aromatic heterocycles. The molecule has 68 valence electrons. The highest BCUT2D eigenvalue weighted by atomic mass is 14.0. The molecule has 0 bridgehead atoms. The minimum Gasteiger partial charge on any atom is -0.107 e. The lowest BCUT2D eigenvalue weighted by molar-refractivity contribution is 1.00. The van der Waals surface area contributed by atoms with E-state index in [2.05, 4.69) is 43.9 Å². The zero-order valence-corrected chi connectivity index (χ0v) is 8.65. The second kappa shape index (κ2) is 4.72. The molecule has 0 N–H and O–H groups in total. The Morgan fingerprint density at radius 3 is 2.69 bits per heavy atom. The molecule has 1 rings (SSSR count). The molecule has 13 heavy (non-hydrogen) atoms. The van der Waals surface area contributed by atoms with E-state index in [1.807, 2.05) is 6.92 Å². The van der Waals surface area contributed by atoms with Gasteiger partial charge >= 0.3 is 0 Å². The fourth-order valence-electron chi connectivity index (χ4n) is 1.40. The molecule has 0 amide bonds. The Kier molecular flexibility index (Phi) is 3.58. The molecule has 0 radical (unpaired) electrons. The minimum atomic E-state index is 0.973. The molecule has 0 spiro atoms. The van der Waals surface area contributed by atoms with Crippen molar-refractivity contribution in [1.29, 1.82) is 0 Å². The van der Waals surface area contributed by atoms with Crippen LogP contribution in [0.15, 0.2) is 18.2 Å². The summed E-state index contributed by atoms with van der Waals surface area (Å²) in [5, 5.41) is 0. The lowest BCUT2D eigenvalue weighted by Crippen LogP contribution is -1.91. The molecule has 0 saturated heterocycles. The van der Waals surface area contributed by atoms with E-state index in [1.165, 1.54) is 16.7 Å². The Morgan fingerprint density at radius 1 is 1.23 bits per heavy atom. The highest BCUT2D eigenvalue weighted by Gasteiger charge is 1.98. The van der Waals surface area contributed by atoms with E-state index in [0.717, 1.165) is 12.8 Å². The molecule has 0 heterocycles. The molecule has 1 aromatic carbocycles. The predicted octanol–water partition coefficient (Wildman–Crippen LogP) is 3.26. The third kappa shape index (κ3) is 2.63. The minimum absolute atomic E-state index is 0.973. The summed E-state index contributed by atoms with van der Waals surface area (Å²) in [6.07, 6.45) is 2.05. The summed E-state index contributed by atoms with van der Waals surface area (Å²) in [7, 11) is 0. The Hall–Kier alpha value is -1.22. The predicted molar refractivity (Wildman–Crippen MR) is 57.7 cm³/mol. The first kappa shape index (κ1) is 9.86. The van der Waals surface area contributed by atoms with Crippen molar-refractivity contribution in [3.8, 4) is 11.8 Å². The van der Waals surface area contributed by atoms with Gasteiger partial charge in [0.05, 0.1) is 0 Å². The van der Waals surface area contributed by atoms with Gasteiger partial charge in [0.1, 0.15) is 0 Å². The largest absolute Gasteiger partial charge is 0.107 e. The summed E-state index contributed by atoms with van der Waals surface area (Å²) >= 11 is 0. The monoisotopic (exact) mass is 172 g/mol. The van der Waals surface area contributed by atoms with Crippen LogP contribution in [0.2, 0.25) is 0 Å². The van der Waals surface area contributed by atoms with Crippen LogP contribution in [0, 0.1) is 25.7 Å². The number of aryl methyl sites for hydroxylation is 2. The summed E-state index contributed by atoms with van der Waals surface area (Å²) in [6.45, 7) is 6.23. The maximum Gasteiger partial charge on any atom is 0.0129 e. The summed E-state index contributed by atoms with van der Waals surface area (Å²) < 4.78 is 0. The summed E-state index contributed by atoms with van der Waals surface area (Å²) in [6, 6.07) is 6.47. The van der Waals surface area contributed by atoms with Crippen LogP contribution >= 0.6 is 0 Å². The first-order valence-corrected chi connectivity index (χ1v) is 4.70. The Bertz CT molecular complexity index is 337. The van der Waals surface area contributed by atoms with Gasteiger partial charge in [-0.05, 0) is 43.9 Å². The fourth-order valence-corrected chi connectivity index (χ4v) is 1.40. The quantitative estimate of drug-likeness (QED) is 0.601. The van der Waals surface area contributed by atoms with Crippen molar-refractivity contribution in [1.82, 2.24) is 0 Å². The SMILES string of the molecule is CC#CCCc1cccc(C)c1C. The summed E-state index contributed by atoms with van der Waals surface area (Å²) in [4.78, 5) is 0. The van der Waals surface area contributed by atoms with Gasteiger partial charge in [-0.25, -0.2) is 0 Å². The van der Waals surface area contributed by atoms with Crippen molar-refractivity contribution in [2.75, 3.05) is 0 Å². The van der Waals surface area contributed by atoms with E-state index < -0.39 is 0 Å². The Labute approximate surface area is 81.0 Å². The van der Waals surface area contributed by atoms with E-state index in [1.54, 1.807) is 0 Å². The summed E-state index contributed by atoms with van der Waals surface area (Å²) in [5.41, 5.74) is 4.23. The fraction of sp³-hybridized carbons (Fsp3) is 0.385. The maximum absolute atomic E-state index is 3.09. The van der Waals surface area contributed by atoms with Crippen molar-refractivity contribution >= 4 is 0 Å².